The van der Waals surface area contributed by atoms with Crippen LogP contribution in [0.5, 0.6) is 0 Å². The highest BCUT2D eigenvalue weighted by atomic mass is 32.1. The van der Waals surface area contributed by atoms with E-state index in [0.717, 1.165) is 30.7 Å². The second kappa shape index (κ2) is 5.98. The van der Waals surface area contributed by atoms with Crippen molar-refractivity contribution in [3.63, 3.8) is 0 Å². The van der Waals surface area contributed by atoms with Gasteiger partial charge in [0.1, 0.15) is 6.17 Å². The van der Waals surface area contributed by atoms with Crippen LogP contribution in [-0.4, -0.2) is 30.1 Å². The maximum atomic E-state index is 13.1. The van der Waals surface area contributed by atoms with Crippen LogP contribution in [0.4, 0.5) is 5.69 Å². The van der Waals surface area contributed by atoms with E-state index in [1.54, 1.807) is 11.3 Å². The summed E-state index contributed by atoms with van der Waals surface area (Å²) in [7, 11) is 0. The van der Waals surface area contributed by atoms with Crippen LogP contribution in [0.2, 0.25) is 0 Å². The van der Waals surface area contributed by atoms with Gasteiger partial charge in [-0.2, -0.15) is 0 Å². The summed E-state index contributed by atoms with van der Waals surface area (Å²) in [6.07, 6.45) is 2.15. The van der Waals surface area contributed by atoms with E-state index in [9.17, 15) is 4.79 Å². The number of rotatable bonds is 3. The average molecular weight is 328 g/mol. The van der Waals surface area contributed by atoms with Gasteiger partial charge in [0.25, 0.3) is 5.91 Å². The molecular weight excluding hydrogens is 308 g/mol. The zero-order valence-electron chi connectivity index (χ0n) is 13.1. The molecule has 0 radical (unpaired) electrons. The SMILES string of the molecule is Cc1ccsc1[C@@H]1Nc2ccccc2C(=O)N1C[C@@H]1CCCO1. The van der Waals surface area contributed by atoms with Crippen molar-refractivity contribution in [1.29, 1.82) is 0 Å². The highest BCUT2D eigenvalue weighted by molar-refractivity contribution is 7.10. The molecule has 0 aliphatic carbocycles. The highest BCUT2D eigenvalue weighted by Crippen LogP contribution is 2.37. The van der Waals surface area contributed by atoms with Crippen molar-refractivity contribution in [2.45, 2.75) is 32.0 Å². The normalized spacial score (nSPS) is 23.7. The van der Waals surface area contributed by atoms with Gasteiger partial charge >= 0.3 is 0 Å². The smallest absolute Gasteiger partial charge is 0.257 e. The third-order valence-corrected chi connectivity index (χ3v) is 5.67. The summed E-state index contributed by atoms with van der Waals surface area (Å²) in [4.78, 5) is 16.2. The molecule has 1 saturated heterocycles. The van der Waals surface area contributed by atoms with Crippen molar-refractivity contribution in [3.05, 3.63) is 51.7 Å². The minimum atomic E-state index is -0.110. The Morgan fingerprint density at radius 1 is 1.35 bits per heavy atom. The second-order valence-corrected chi connectivity index (χ2v) is 7.10. The summed E-state index contributed by atoms with van der Waals surface area (Å²) in [5.41, 5.74) is 2.88. The quantitative estimate of drug-likeness (QED) is 0.932. The predicted molar refractivity (Wildman–Crippen MR) is 91.9 cm³/mol. The standard InChI is InChI=1S/C18H20N2O2S/c1-12-8-10-23-16(12)17-19-15-7-3-2-6-14(15)18(21)20(17)11-13-5-4-9-22-13/h2-3,6-8,10,13,17,19H,4-5,9,11H2,1H3/t13-,17+/m0/s1. The fraction of sp³-hybridized carbons (Fsp3) is 0.389. The van der Waals surface area contributed by atoms with Gasteiger partial charge in [0.2, 0.25) is 0 Å². The van der Waals surface area contributed by atoms with Crippen LogP contribution in [0.1, 0.15) is 39.8 Å². The predicted octanol–water partition coefficient (Wildman–Crippen LogP) is 3.80. The lowest BCUT2D eigenvalue weighted by Crippen LogP contribution is -2.46. The summed E-state index contributed by atoms with van der Waals surface area (Å²) < 4.78 is 5.77. The van der Waals surface area contributed by atoms with E-state index in [4.69, 9.17) is 4.74 Å². The number of nitrogens with zero attached hydrogens (tertiary/aromatic N) is 1. The van der Waals surface area contributed by atoms with Crippen LogP contribution in [0.3, 0.4) is 0 Å². The van der Waals surface area contributed by atoms with Gasteiger partial charge < -0.3 is 15.0 Å². The summed E-state index contributed by atoms with van der Waals surface area (Å²) in [6.45, 7) is 3.55. The van der Waals surface area contributed by atoms with E-state index >= 15 is 0 Å². The zero-order valence-corrected chi connectivity index (χ0v) is 13.9. The summed E-state index contributed by atoms with van der Waals surface area (Å²) in [5.74, 6) is 0.0904. The first-order valence-electron chi connectivity index (χ1n) is 8.06. The Balaban J connectivity index is 1.72. The van der Waals surface area contributed by atoms with Crippen LogP contribution < -0.4 is 5.32 Å². The van der Waals surface area contributed by atoms with Crippen LogP contribution in [0.25, 0.3) is 0 Å². The van der Waals surface area contributed by atoms with E-state index in [0.29, 0.717) is 6.54 Å². The number of thiophene rings is 1. The lowest BCUT2D eigenvalue weighted by atomic mass is 10.0. The number of hydrogen-bond donors (Lipinski definition) is 1. The van der Waals surface area contributed by atoms with Crippen LogP contribution >= 0.6 is 11.3 Å². The molecule has 1 fully saturated rings. The van der Waals surface area contributed by atoms with E-state index < -0.39 is 0 Å². The molecule has 0 unspecified atom stereocenters. The molecule has 2 aliphatic heterocycles. The first-order valence-corrected chi connectivity index (χ1v) is 8.94. The molecule has 1 aromatic carbocycles. The molecule has 5 heteroatoms. The van der Waals surface area contributed by atoms with Gasteiger partial charge in [-0.15, -0.1) is 11.3 Å². The van der Waals surface area contributed by atoms with E-state index in [1.165, 1.54) is 10.4 Å². The molecule has 2 aliphatic rings. The Hall–Kier alpha value is -1.85. The number of carbonyl (C=O) groups is 1. The van der Waals surface area contributed by atoms with Gasteiger partial charge in [-0.05, 0) is 48.9 Å². The number of ether oxygens (including phenoxy) is 1. The van der Waals surface area contributed by atoms with Gasteiger partial charge in [0.15, 0.2) is 0 Å². The largest absolute Gasteiger partial charge is 0.376 e. The molecule has 1 amide bonds. The number of amides is 1. The number of aryl methyl sites for hydroxylation is 1. The molecule has 3 heterocycles. The second-order valence-electron chi connectivity index (χ2n) is 6.15. The maximum absolute atomic E-state index is 13.1. The first-order chi connectivity index (χ1) is 11.2. The number of anilines is 1. The molecule has 2 atom stereocenters. The van der Waals surface area contributed by atoms with E-state index in [2.05, 4.69) is 23.7 Å². The molecule has 1 aromatic heterocycles. The van der Waals surface area contributed by atoms with Gasteiger partial charge in [-0.3, -0.25) is 4.79 Å². The van der Waals surface area contributed by atoms with Crippen molar-refractivity contribution in [1.82, 2.24) is 4.90 Å². The minimum Gasteiger partial charge on any atom is -0.376 e. The van der Waals surface area contributed by atoms with Gasteiger partial charge in [0.05, 0.1) is 16.5 Å². The van der Waals surface area contributed by atoms with Crippen molar-refractivity contribution >= 4 is 22.9 Å². The third-order valence-electron chi connectivity index (χ3n) is 4.60. The number of benzene rings is 1. The topological polar surface area (TPSA) is 41.6 Å². The van der Waals surface area contributed by atoms with Crippen LogP contribution in [0, 0.1) is 6.92 Å². The fourth-order valence-electron chi connectivity index (χ4n) is 3.36. The Morgan fingerprint density at radius 3 is 2.96 bits per heavy atom. The van der Waals surface area contributed by atoms with Crippen molar-refractivity contribution in [2.75, 3.05) is 18.5 Å². The van der Waals surface area contributed by atoms with Crippen molar-refractivity contribution in [2.24, 2.45) is 0 Å². The summed E-state index contributed by atoms with van der Waals surface area (Å²) in [5, 5.41) is 5.64. The molecule has 4 rings (SSSR count). The Bertz CT molecular complexity index is 721. The van der Waals surface area contributed by atoms with Crippen LogP contribution in [-0.2, 0) is 4.74 Å². The zero-order chi connectivity index (χ0) is 15.8. The molecular formula is C18H20N2O2S. The summed E-state index contributed by atoms with van der Waals surface area (Å²) in [6, 6.07) is 9.86. The molecule has 1 N–H and O–H groups in total. The number of nitrogens with one attached hydrogen (secondary N) is 1. The molecule has 0 spiro atoms. The Kier molecular flexibility index (Phi) is 3.83. The van der Waals surface area contributed by atoms with Crippen LogP contribution in [0.15, 0.2) is 35.7 Å². The minimum absolute atomic E-state index is 0.0904. The van der Waals surface area contributed by atoms with E-state index in [-0.39, 0.29) is 18.2 Å². The first kappa shape index (κ1) is 14.7. The van der Waals surface area contributed by atoms with Crippen molar-refractivity contribution in [3.8, 4) is 0 Å². The molecule has 2 aromatic rings. The summed E-state index contributed by atoms with van der Waals surface area (Å²) >= 11 is 1.70. The Morgan fingerprint density at radius 2 is 2.22 bits per heavy atom. The number of fused-ring (bicyclic) bond motifs is 1. The van der Waals surface area contributed by atoms with Gasteiger partial charge in [0, 0.05) is 18.8 Å². The molecule has 120 valence electrons. The molecule has 23 heavy (non-hydrogen) atoms. The molecule has 4 nitrogen and oxygen atoms in total. The van der Waals surface area contributed by atoms with Crippen molar-refractivity contribution < 1.29 is 9.53 Å². The number of para-hydroxylation sites is 1. The average Bonchev–Trinajstić information content (AvgIpc) is 3.22. The molecule has 0 bridgehead atoms. The lowest BCUT2D eigenvalue weighted by Gasteiger charge is -2.39. The maximum Gasteiger partial charge on any atom is 0.257 e. The van der Waals surface area contributed by atoms with Gasteiger partial charge in [-0.1, -0.05) is 12.1 Å². The fourth-order valence-corrected chi connectivity index (χ4v) is 4.35. The number of carbonyl (C=O) groups excluding carboxylic acids is 1. The molecule has 0 saturated carbocycles. The highest BCUT2D eigenvalue weighted by Gasteiger charge is 2.36. The van der Waals surface area contributed by atoms with Gasteiger partial charge in [-0.25, -0.2) is 0 Å². The van der Waals surface area contributed by atoms with E-state index in [1.807, 2.05) is 29.2 Å². The third kappa shape index (κ3) is 2.64. The number of hydrogen-bond acceptors (Lipinski definition) is 4. The Labute approximate surface area is 140 Å². The monoisotopic (exact) mass is 328 g/mol. The lowest BCUT2D eigenvalue weighted by molar-refractivity contribution is 0.0430.